The maximum atomic E-state index is 15.7. The van der Waals surface area contributed by atoms with Gasteiger partial charge in [-0.2, -0.15) is 0 Å². The number of benzene rings is 1. The molecule has 2 fully saturated rings. The molecule has 0 amide bonds. The summed E-state index contributed by atoms with van der Waals surface area (Å²) in [5, 5.41) is 0. The first-order valence-electron chi connectivity index (χ1n) is 12.7. The number of allylic oxidation sites excluding steroid dienone is 4. The van der Waals surface area contributed by atoms with Crippen LogP contribution in [-0.2, 0) is 14.3 Å². The molecule has 0 spiro atoms. The van der Waals surface area contributed by atoms with E-state index in [2.05, 4.69) is 30.9 Å². The van der Waals surface area contributed by atoms with Crippen LogP contribution in [0.2, 0.25) is 0 Å². The van der Waals surface area contributed by atoms with Gasteiger partial charge < -0.3 is 10.5 Å². The van der Waals surface area contributed by atoms with Crippen molar-refractivity contribution in [3.05, 3.63) is 52.6 Å². The largest absolute Gasteiger partial charge is 0.399 e. The third-order valence-corrected chi connectivity index (χ3v) is 9.37. The van der Waals surface area contributed by atoms with Gasteiger partial charge in [-0.1, -0.05) is 30.6 Å². The fourth-order valence-corrected chi connectivity index (χ4v) is 7.89. The average molecular weight is 476 g/mol. The Balaban J connectivity index is 1.72. The minimum Gasteiger partial charge on any atom is -0.399 e. The van der Waals surface area contributed by atoms with Gasteiger partial charge in [0, 0.05) is 25.1 Å². The summed E-state index contributed by atoms with van der Waals surface area (Å²) >= 11 is 0. The number of hydrogen-bond donors (Lipinski definition) is 1. The van der Waals surface area contributed by atoms with E-state index >= 15 is 4.39 Å². The third-order valence-electron chi connectivity index (χ3n) is 9.37. The van der Waals surface area contributed by atoms with E-state index in [0.29, 0.717) is 36.9 Å². The first-order valence-corrected chi connectivity index (χ1v) is 12.7. The van der Waals surface area contributed by atoms with Gasteiger partial charge in [0.15, 0.2) is 11.6 Å². The molecule has 2 saturated carbocycles. The number of nitrogens with two attached hydrogens (primary N) is 1. The fraction of sp³-hybridized carbons (Fsp3) is 0.533. The zero-order valence-electron chi connectivity index (χ0n) is 20.8. The number of carbonyl (C=O) groups excluding carboxylic acids is 2. The number of methoxy groups -OCH3 is 1. The van der Waals surface area contributed by atoms with Crippen LogP contribution in [0.1, 0.15) is 63.9 Å². The standard InChI is InChI=1S/C30H34FNO3/c1-4-12-30(27(34)17-35-3)13-11-25-23-15-26(31)22-14-20(33)9-10-21(22)28(23)24(16-29(25,30)2)18-5-7-19(32)8-6-18/h5-8,14,23-26H,9-11,13,15-17,32H2,1-3H3/t23-,24+,25-,26?,29-,30+/m0/s1. The lowest BCUT2D eigenvalue weighted by Gasteiger charge is -2.55. The molecule has 6 atom stereocenters. The molecule has 0 aromatic heterocycles. The number of ketones is 2. The lowest BCUT2D eigenvalue weighted by molar-refractivity contribution is -0.136. The summed E-state index contributed by atoms with van der Waals surface area (Å²) < 4.78 is 21.0. The number of nitrogen functional groups attached to an aromatic ring is 1. The zero-order valence-corrected chi connectivity index (χ0v) is 20.8. The SMILES string of the molecule is CC#C[C@]1(C(=O)COC)CC[C@H]2[C@@H]3CC(F)C4=CC(=O)CCC4=C3[C@@H](c3ccc(N)cc3)C[C@@]21C. The number of alkyl halides is 1. The quantitative estimate of drug-likeness (QED) is 0.471. The Bertz CT molecular complexity index is 1190. The topological polar surface area (TPSA) is 69.4 Å². The second kappa shape index (κ2) is 8.75. The summed E-state index contributed by atoms with van der Waals surface area (Å²) in [5.74, 6) is 6.66. The van der Waals surface area contributed by atoms with Crippen LogP contribution in [0.5, 0.6) is 0 Å². The van der Waals surface area contributed by atoms with Crippen LogP contribution >= 0.6 is 0 Å². The van der Waals surface area contributed by atoms with Gasteiger partial charge >= 0.3 is 0 Å². The number of hydrogen-bond acceptors (Lipinski definition) is 4. The second-order valence-corrected chi connectivity index (χ2v) is 10.9. The van der Waals surface area contributed by atoms with Crippen molar-refractivity contribution < 1.29 is 18.7 Å². The van der Waals surface area contributed by atoms with Crippen molar-refractivity contribution in [2.75, 3.05) is 19.5 Å². The number of fused-ring (bicyclic) bond motifs is 4. The first-order chi connectivity index (χ1) is 16.8. The van der Waals surface area contributed by atoms with Gasteiger partial charge in [0.1, 0.15) is 12.8 Å². The lowest BCUT2D eigenvalue weighted by atomic mass is 9.48. The van der Waals surface area contributed by atoms with Crippen molar-refractivity contribution in [3.8, 4) is 11.8 Å². The number of Topliss-reactive ketones (excluding diaryl/α,β-unsaturated/α-hetero) is 1. The van der Waals surface area contributed by atoms with Crippen LogP contribution in [0, 0.1) is 34.5 Å². The molecule has 5 rings (SSSR count). The fourth-order valence-electron chi connectivity index (χ4n) is 7.89. The molecular formula is C30H34FNO3. The highest BCUT2D eigenvalue weighted by atomic mass is 19.1. The molecule has 0 saturated heterocycles. The molecule has 1 aromatic carbocycles. The molecule has 0 heterocycles. The molecule has 2 N–H and O–H groups in total. The van der Waals surface area contributed by atoms with E-state index in [1.807, 2.05) is 12.1 Å². The van der Waals surface area contributed by atoms with Crippen molar-refractivity contribution in [2.24, 2.45) is 22.7 Å². The van der Waals surface area contributed by atoms with E-state index < -0.39 is 17.0 Å². The minimum absolute atomic E-state index is 0.0124. The van der Waals surface area contributed by atoms with Crippen molar-refractivity contribution in [1.29, 1.82) is 0 Å². The van der Waals surface area contributed by atoms with Gasteiger partial charge in [-0.05, 0) is 91.2 Å². The molecule has 1 unspecified atom stereocenters. The van der Waals surface area contributed by atoms with Crippen LogP contribution in [0.3, 0.4) is 0 Å². The van der Waals surface area contributed by atoms with Crippen molar-refractivity contribution in [1.82, 2.24) is 0 Å². The van der Waals surface area contributed by atoms with E-state index in [-0.39, 0.29) is 35.9 Å². The van der Waals surface area contributed by atoms with Crippen LogP contribution in [0.4, 0.5) is 10.1 Å². The molecule has 0 aliphatic heterocycles. The molecule has 35 heavy (non-hydrogen) atoms. The second-order valence-electron chi connectivity index (χ2n) is 10.9. The van der Waals surface area contributed by atoms with E-state index in [1.165, 1.54) is 5.57 Å². The van der Waals surface area contributed by atoms with Crippen molar-refractivity contribution >= 4 is 17.3 Å². The highest BCUT2D eigenvalue weighted by Crippen LogP contribution is 2.69. The van der Waals surface area contributed by atoms with E-state index in [4.69, 9.17) is 10.5 Å². The summed E-state index contributed by atoms with van der Waals surface area (Å²) in [6, 6.07) is 7.95. The Hall–Kier alpha value is -2.71. The third kappa shape index (κ3) is 3.52. The Morgan fingerprint density at radius 3 is 2.69 bits per heavy atom. The molecule has 4 aliphatic carbocycles. The molecule has 4 nitrogen and oxygen atoms in total. The summed E-state index contributed by atoms with van der Waals surface area (Å²) in [5.41, 5.74) is 9.52. The predicted molar refractivity (Wildman–Crippen MR) is 134 cm³/mol. The van der Waals surface area contributed by atoms with Gasteiger partial charge in [0.2, 0.25) is 0 Å². The smallest absolute Gasteiger partial charge is 0.176 e. The van der Waals surface area contributed by atoms with Gasteiger partial charge in [-0.15, -0.1) is 5.92 Å². The molecule has 1 aromatic rings. The minimum atomic E-state index is -1.15. The molecule has 5 heteroatoms. The lowest BCUT2D eigenvalue weighted by Crippen LogP contribution is -2.52. The van der Waals surface area contributed by atoms with Crippen LogP contribution in [0.15, 0.2) is 47.1 Å². The van der Waals surface area contributed by atoms with E-state index in [1.54, 1.807) is 20.1 Å². The summed E-state index contributed by atoms with van der Waals surface area (Å²) in [4.78, 5) is 25.8. The number of carbonyl (C=O) groups is 2. The normalized spacial score (nSPS) is 35.9. The Morgan fingerprint density at radius 2 is 2.00 bits per heavy atom. The predicted octanol–water partition coefficient (Wildman–Crippen LogP) is 5.34. The van der Waals surface area contributed by atoms with E-state index in [9.17, 15) is 9.59 Å². The van der Waals surface area contributed by atoms with E-state index in [0.717, 1.165) is 24.0 Å². The van der Waals surface area contributed by atoms with Crippen LogP contribution < -0.4 is 5.73 Å². The van der Waals surface area contributed by atoms with Crippen molar-refractivity contribution in [3.63, 3.8) is 0 Å². The maximum Gasteiger partial charge on any atom is 0.176 e. The van der Waals surface area contributed by atoms with Crippen LogP contribution in [0.25, 0.3) is 0 Å². The number of ether oxygens (including phenoxy) is 1. The number of halogens is 1. The molecule has 184 valence electrons. The molecule has 4 aliphatic rings. The van der Waals surface area contributed by atoms with Crippen molar-refractivity contribution in [2.45, 2.75) is 64.5 Å². The molecule has 0 radical (unpaired) electrons. The van der Waals surface area contributed by atoms with Gasteiger partial charge in [-0.25, -0.2) is 4.39 Å². The average Bonchev–Trinajstić information content (AvgIpc) is 3.13. The summed E-state index contributed by atoms with van der Waals surface area (Å²) in [6.45, 7) is 4.03. The maximum absolute atomic E-state index is 15.7. The van der Waals surface area contributed by atoms with Gasteiger partial charge in [0.05, 0.1) is 5.41 Å². The highest BCUT2D eigenvalue weighted by molar-refractivity contribution is 5.93. The summed E-state index contributed by atoms with van der Waals surface area (Å²) in [6.07, 6.45) is 4.02. The molecular weight excluding hydrogens is 441 g/mol. The van der Waals surface area contributed by atoms with Gasteiger partial charge in [-0.3, -0.25) is 9.59 Å². The highest BCUT2D eigenvalue weighted by Gasteiger charge is 2.65. The number of rotatable bonds is 4. The van der Waals surface area contributed by atoms with Crippen LogP contribution in [-0.4, -0.2) is 31.5 Å². The Morgan fingerprint density at radius 1 is 1.26 bits per heavy atom. The zero-order chi connectivity index (χ0) is 25.0. The molecule has 0 bridgehead atoms. The monoisotopic (exact) mass is 475 g/mol. The summed E-state index contributed by atoms with van der Waals surface area (Å²) in [7, 11) is 1.55. The Labute approximate surface area is 207 Å². The van der Waals surface area contributed by atoms with Gasteiger partial charge in [0.25, 0.3) is 0 Å². The Kier molecular flexibility index (Phi) is 6.00. The number of anilines is 1. The first kappa shape index (κ1) is 24.0.